The molecule has 0 saturated carbocycles. The molecule has 5 heteroatoms. The van der Waals surface area contributed by atoms with E-state index in [0.29, 0.717) is 11.3 Å². The highest BCUT2D eigenvalue weighted by atomic mass is 35.5. The molecule has 2 rings (SSSR count). The molecule has 0 aromatic heterocycles. The lowest BCUT2D eigenvalue weighted by Crippen LogP contribution is -2.12. The molecule has 0 spiro atoms. The smallest absolute Gasteiger partial charge is 0.257 e. The SMILES string of the molecule is CC(=O)c1ccc(NC(=O)c2cc(O)ccc2Cl)cc1. The Morgan fingerprint density at radius 1 is 1.10 bits per heavy atom. The zero-order valence-electron chi connectivity index (χ0n) is 10.7. The monoisotopic (exact) mass is 289 g/mol. The number of aromatic hydroxyl groups is 1. The number of phenols is 1. The van der Waals surface area contributed by atoms with Crippen molar-refractivity contribution in [3.63, 3.8) is 0 Å². The molecule has 0 radical (unpaired) electrons. The molecule has 2 aromatic rings. The second-order valence-corrected chi connectivity index (χ2v) is 4.66. The normalized spacial score (nSPS) is 10.1. The van der Waals surface area contributed by atoms with Gasteiger partial charge in [0, 0.05) is 11.3 Å². The Morgan fingerprint density at radius 2 is 1.75 bits per heavy atom. The van der Waals surface area contributed by atoms with Gasteiger partial charge in [-0.25, -0.2) is 0 Å². The van der Waals surface area contributed by atoms with E-state index in [4.69, 9.17) is 11.6 Å². The fourth-order valence-electron chi connectivity index (χ4n) is 1.67. The molecule has 0 bridgehead atoms. The molecule has 0 fully saturated rings. The summed E-state index contributed by atoms with van der Waals surface area (Å²) < 4.78 is 0. The molecule has 0 unspecified atom stereocenters. The highest BCUT2D eigenvalue weighted by molar-refractivity contribution is 6.34. The number of amides is 1. The first-order valence-electron chi connectivity index (χ1n) is 5.88. The molecule has 0 heterocycles. The van der Waals surface area contributed by atoms with Crippen LogP contribution >= 0.6 is 11.6 Å². The molecule has 102 valence electrons. The summed E-state index contributed by atoms with van der Waals surface area (Å²) >= 11 is 5.91. The van der Waals surface area contributed by atoms with Crippen LogP contribution in [0, 0.1) is 0 Å². The Labute approximate surface area is 121 Å². The van der Waals surface area contributed by atoms with Gasteiger partial charge in [-0.15, -0.1) is 0 Å². The van der Waals surface area contributed by atoms with Crippen LogP contribution in [0.25, 0.3) is 0 Å². The van der Waals surface area contributed by atoms with Gasteiger partial charge in [0.2, 0.25) is 0 Å². The van der Waals surface area contributed by atoms with Gasteiger partial charge >= 0.3 is 0 Å². The number of hydrogen-bond acceptors (Lipinski definition) is 3. The van der Waals surface area contributed by atoms with Crippen LogP contribution in [0.1, 0.15) is 27.6 Å². The average Bonchev–Trinajstić information content (AvgIpc) is 2.42. The van der Waals surface area contributed by atoms with Crippen molar-refractivity contribution in [2.24, 2.45) is 0 Å². The predicted molar refractivity (Wildman–Crippen MR) is 77.5 cm³/mol. The second kappa shape index (κ2) is 5.75. The number of hydrogen-bond donors (Lipinski definition) is 2. The van der Waals surface area contributed by atoms with Gasteiger partial charge in [-0.2, -0.15) is 0 Å². The zero-order chi connectivity index (χ0) is 14.7. The largest absolute Gasteiger partial charge is 0.508 e. The Bertz CT molecular complexity index is 665. The molecule has 2 aromatic carbocycles. The average molecular weight is 290 g/mol. The maximum atomic E-state index is 12.0. The molecular formula is C15H12ClNO3. The van der Waals surface area contributed by atoms with Crippen LogP contribution in [0.4, 0.5) is 5.69 Å². The maximum absolute atomic E-state index is 12.0. The van der Waals surface area contributed by atoms with Crippen LogP contribution in [-0.4, -0.2) is 16.8 Å². The summed E-state index contributed by atoms with van der Waals surface area (Å²) in [5.41, 5.74) is 1.29. The van der Waals surface area contributed by atoms with E-state index in [1.165, 1.54) is 25.1 Å². The number of Topliss-reactive ketones (excluding diaryl/α,β-unsaturated/α-hetero) is 1. The van der Waals surface area contributed by atoms with Crippen molar-refractivity contribution in [3.8, 4) is 5.75 Å². The quantitative estimate of drug-likeness (QED) is 0.850. The van der Waals surface area contributed by atoms with Gasteiger partial charge in [0.15, 0.2) is 5.78 Å². The third kappa shape index (κ3) is 3.16. The van der Waals surface area contributed by atoms with Crippen LogP contribution in [0.2, 0.25) is 5.02 Å². The number of carbonyl (C=O) groups excluding carboxylic acids is 2. The van der Waals surface area contributed by atoms with Gasteiger partial charge in [0.05, 0.1) is 10.6 Å². The van der Waals surface area contributed by atoms with Crippen molar-refractivity contribution >= 4 is 29.0 Å². The lowest BCUT2D eigenvalue weighted by molar-refractivity contribution is 0.101. The molecule has 20 heavy (non-hydrogen) atoms. The van der Waals surface area contributed by atoms with Gasteiger partial charge in [0.25, 0.3) is 5.91 Å². The van der Waals surface area contributed by atoms with E-state index in [1.54, 1.807) is 24.3 Å². The number of phenolic OH excluding ortho intramolecular Hbond substituents is 1. The minimum absolute atomic E-state index is 0.0357. The van der Waals surface area contributed by atoms with Crippen LogP contribution in [0.3, 0.4) is 0 Å². The summed E-state index contributed by atoms with van der Waals surface area (Å²) in [7, 11) is 0. The lowest BCUT2D eigenvalue weighted by atomic mass is 10.1. The van der Waals surface area contributed by atoms with Crippen LogP contribution in [-0.2, 0) is 0 Å². The first-order chi connectivity index (χ1) is 9.47. The van der Waals surface area contributed by atoms with E-state index in [1.807, 2.05) is 0 Å². The summed E-state index contributed by atoms with van der Waals surface area (Å²) in [4.78, 5) is 23.2. The Kier molecular flexibility index (Phi) is 4.05. The van der Waals surface area contributed by atoms with Crippen LogP contribution < -0.4 is 5.32 Å². The van der Waals surface area contributed by atoms with E-state index in [0.717, 1.165) is 0 Å². The third-order valence-corrected chi connectivity index (χ3v) is 3.07. The molecular weight excluding hydrogens is 278 g/mol. The number of benzene rings is 2. The van der Waals surface area contributed by atoms with E-state index in [9.17, 15) is 14.7 Å². The van der Waals surface area contributed by atoms with E-state index in [2.05, 4.69) is 5.32 Å². The predicted octanol–water partition coefficient (Wildman–Crippen LogP) is 3.50. The van der Waals surface area contributed by atoms with E-state index >= 15 is 0 Å². The summed E-state index contributed by atoms with van der Waals surface area (Å²) in [6.07, 6.45) is 0. The third-order valence-electron chi connectivity index (χ3n) is 2.74. The topological polar surface area (TPSA) is 66.4 Å². The number of ketones is 1. The molecule has 0 aliphatic heterocycles. The van der Waals surface area contributed by atoms with Gasteiger partial charge in [-0.3, -0.25) is 9.59 Å². The standard InChI is InChI=1S/C15H12ClNO3/c1-9(18)10-2-4-11(5-3-10)17-15(20)13-8-12(19)6-7-14(13)16/h2-8,19H,1H3,(H,17,20). The van der Waals surface area contributed by atoms with Crippen LogP contribution in [0.5, 0.6) is 5.75 Å². The van der Waals surface area contributed by atoms with Crippen molar-refractivity contribution in [2.75, 3.05) is 5.32 Å². The van der Waals surface area contributed by atoms with Gasteiger partial charge in [-0.05, 0) is 49.4 Å². The summed E-state index contributed by atoms with van der Waals surface area (Å²) in [6, 6.07) is 10.7. The highest BCUT2D eigenvalue weighted by Crippen LogP contribution is 2.22. The van der Waals surface area contributed by atoms with E-state index < -0.39 is 5.91 Å². The Hall–Kier alpha value is -2.33. The number of halogens is 1. The van der Waals surface area contributed by atoms with Crippen molar-refractivity contribution in [1.82, 2.24) is 0 Å². The van der Waals surface area contributed by atoms with Gasteiger partial charge < -0.3 is 10.4 Å². The number of anilines is 1. The Balaban J connectivity index is 2.19. The van der Waals surface area contributed by atoms with Crippen LogP contribution in [0.15, 0.2) is 42.5 Å². The molecule has 0 atom stereocenters. The minimum Gasteiger partial charge on any atom is -0.508 e. The molecule has 0 aliphatic carbocycles. The second-order valence-electron chi connectivity index (χ2n) is 4.25. The first-order valence-corrected chi connectivity index (χ1v) is 6.26. The molecule has 1 amide bonds. The van der Waals surface area contributed by atoms with Crippen molar-refractivity contribution < 1.29 is 14.7 Å². The maximum Gasteiger partial charge on any atom is 0.257 e. The van der Waals surface area contributed by atoms with Gasteiger partial charge in [-0.1, -0.05) is 11.6 Å². The van der Waals surface area contributed by atoms with Gasteiger partial charge in [0.1, 0.15) is 5.75 Å². The van der Waals surface area contributed by atoms with Crippen molar-refractivity contribution in [3.05, 3.63) is 58.6 Å². The fraction of sp³-hybridized carbons (Fsp3) is 0.0667. The fourth-order valence-corrected chi connectivity index (χ4v) is 1.88. The number of nitrogens with one attached hydrogen (secondary N) is 1. The summed E-state index contributed by atoms with van der Waals surface area (Å²) in [5.74, 6) is -0.508. The van der Waals surface area contributed by atoms with Crippen molar-refractivity contribution in [2.45, 2.75) is 6.92 Å². The Morgan fingerprint density at radius 3 is 2.35 bits per heavy atom. The molecule has 0 saturated heterocycles. The number of carbonyl (C=O) groups is 2. The van der Waals surface area contributed by atoms with Crippen molar-refractivity contribution in [1.29, 1.82) is 0 Å². The van der Waals surface area contributed by atoms with E-state index in [-0.39, 0.29) is 22.1 Å². The zero-order valence-corrected chi connectivity index (χ0v) is 11.4. The summed E-state index contributed by atoms with van der Waals surface area (Å²) in [5, 5.41) is 12.3. The minimum atomic E-state index is -0.429. The lowest BCUT2D eigenvalue weighted by Gasteiger charge is -2.07. The highest BCUT2D eigenvalue weighted by Gasteiger charge is 2.11. The molecule has 2 N–H and O–H groups in total. The number of rotatable bonds is 3. The molecule has 4 nitrogen and oxygen atoms in total. The first kappa shape index (κ1) is 14.1. The summed E-state index contributed by atoms with van der Waals surface area (Å²) in [6.45, 7) is 1.47. The molecule has 0 aliphatic rings.